The number of anilines is 1. The fourth-order valence-corrected chi connectivity index (χ4v) is 2.37. The Labute approximate surface area is 130 Å². The van der Waals surface area contributed by atoms with Crippen molar-refractivity contribution >= 4 is 11.7 Å². The number of carbonyl (C=O) groups is 1. The van der Waals surface area contributed by atoms with Crippen LogP contribution in [0, 0.1) is 13.8 Å². The second-order valence-electron chi connectivity index (χ2n) is 4.90. The predicted molar refractivity (Wildman–Crippen MR) is 86.1 cm³/mol. The Morgan fingerprint density at radius 1 is 1.18 bits per heavy atom. The van der Waals surface area contributed by atoms with Crippen LogP contribution in [0.4, 0.5) is 5.69 Å². The number of esters is 1. The zero-order chi connectivity index (χ0) is 16.3. The molecule has 5 nitrogen and oxygen atoms in total. The standard InChI is InChI=1S/C17H20N2O3/c1-5-22-17(20)14-10(2)19-11(3)16(18)15(14)12-6-8-13(21-4)9-7-12/h6-9H,5,18H2,1-4H3. The number of aryl methyl sites for hydroxylation is 2. The van der Waals surface area contributed by atoms with Crippen LogP contribution in [0.1, 0.15) is 28.7 Å². The number of nitrogen functional groups attached to an aromatic ring is 1. The Kier molecular flexibility index (Phi) is 4.65. The van der Waals surface area contributed by atoms with Crippen LogP contribution in [0.25, 0.3) is 11.1 Å². The molecule has 22 heavy (non-hydrogen) atoms. The molecule has 0 aliphatic heterocycles. The number of ether oxygens (including phenoxy) is 2. The maximum absolute atomic E-state index is 12.3. The van der Waals surface area contributed by atoms with E-state index < -0.39 is 5.97 Å². The van der Waals surface area contributed by atoms with Crippen LogP contribution in [0.5, 0.6) is 5.75 Å². The van der Waals surface area contributed by atoms with Crippen LogP contribution in [-0.2, 0) is 4.74 Å². The minimum Gasteiger partial charge on any atom is -0.497 e. The van der Waals surface area contributed by atoms with Crippen molar-refractivity contribution in [2.24, 2.45) is 0 Å². The van der Waals surface area contributed by atoms with E-state index in [2.05, 4.69) is 4.98 Å². The summed E-state index contributed by atoms with van der Waals surface area (Å²) in [7, 11) is 1.61. The fraction of sp³-hybridized carbons (Fsp3) is 0.294. The monoisotopic (exact) mass is 300 g/mol. The largest absolute Gasteiger partial charge is 0.497 e. The second kappa shape index (κ2) is 6.47. The van der Waals surface area contributed by atoms with E-state index in [1.807, 2.05) is 31.2 Å². The number of nitrogens with zero attached hydrogens (tertiary/aromatic N) is 1. The van der Waals surface area contributed by atoms with Gasteiger partial charge >= 0.3 is 5.97 Å². The molecule has 0 aliphatic carbocycles. The summed E-state index contributed by atoms with van der Waals surface area (Å²) >= 11 is 0. The molecule has 0 fully saturated rings. The van der Waals surface area contributed by atoms with Gasteiger partial charge in [-0.25, -0.2) is 4.79 Å². The molecule has 0 saturated heterocycles. The summed E-state index contributed by atoms with van der Waals surface area (Å²) in [4.78, 5) is 16.6. The van der Waals surface area contributed by atoms with Crippen LogP contribution >= 0.6 is 0 Å². The number of pyridine rings is 1. The maximum atomic E-state index is 12.3. The van der Waals surface area contributed by atoms with Crippen molar-refractivity contribution in [2.75, 3.05) is 19.5 Å². The van der Waals surface area contributed by atoms with Gasteiger partial charge in [0.25, 0.3) is 0 Å². The summed E-state index contributed by atoms with van der Waals surface area (Å²) < 4.78 is 10.3. The topological polar surface area (TPSA) is 74.4 Å². The lowest BCUT2D eigenvalue weighted by Gasteiger charge is -2.16. The first-order chi connectivity index (χ1) is 10.5. The Balaban J connectivity index is 2.68. The van der Waals surface area contributed by atoms with E-state index in [1.165, 1.54) is 0 Å². The maximum Gasteiger partial charge on any atom is 0.340 e. The average molecular weight is 300 g/mol. The molecule has 0 spiro atoms. The summed E-state index contributed by atoms with van der Waals surface area (Å²) in [6.45, 7) is 5.68. The van der Waals surface area contributed by atoms with Gasteiger partial charge in [-0.1, -0.05) is 12.1 Å². The van der Waals surface area contributed by atoms with E-state index in [0.29, 0.717) is 34.8 Å². The zero-order valence-corrected chi connectivity index (χ0v) is 13.3. The normalized spacial score (nSPS) is 10.4. The van der Waals surface area contributed by atoms with Gasteiger partial charge in [-0.05, 0) is 38.5 Å². The molecule has 116 valence electrons. The highest BCUT2D eigenvalue weighted by Crippen LogP contribution is 2.34. The van der Waals surface area contributed by atoms with Gasteiger partial charge < -0.3 is 15.2 Å². The van der Waals surface area contributed by atoms with E-state index in [9.17, 15) is 4.79 Å². The molecular weight excluding hydrogens is 280 g/mol. The number of aromatic nitrogens is 1. The number of hydrogen-bond donors (Lipinski definition) is 1. The SMILES string of the molecule is CCOC(=O)c1c(C)nc(C)c(N)c1-c1ccc(OC)cc1. The zero-order valence-electron chi connectivity index (χ0n) is 13.3. The number of carbonyl (C=O) groups excluding carboxylic acids is 1. The lowest BCUT2D eigenvalue weighted by Crippen LogP contribution is -2.13. The Bertz CT molecular complexity index is 694. The van der Waals surface area contributed by atoms with Crippen molar-refractivity contribution in [1.82, 2.24) is 4.98 Å². The van der Waals surface area contributed by atoms with Gasteiger partial charge in [0, 0.05) is 5.56 Å². The molecule has 2 N–H and O–H groups in total. The van der Waals surface area contributed by atoms with Crippen molar-refractivity contribution < 1.29 is 14.3 Å². The van der Waals surface area contributed by atoms with Crippen molar-refractivity contribution in [3.05, 3.63) is 41.2 Å². The smallest absolute Gasteiger partial charge is 0.340 e. The van der Waals surface area contributed by atoms with Crippen molar-refractivity contribution in [3.8, 4) is 16.9 Å². The predicted octanol–water partition coefficient (Wildman–Crippen LogP) is 3.13. The van der Waals surface area contributed by atoms with E-state index in [-0.39, 0.29) is 0 Å². The number of rotatable bonds is 4. The summed E-state index contributed by atoms with van der Waals surface area (Å²) in [5.74, 6) is 0.326. The average Bonchev–Trinajstić information content (AvgIpc) is 2.51. The minimum atomic E-state index is -0.412. The minimum absolute atomic E-state index is 0.300. The first-order valence-corrected chi connectivity index (χ1v) is 7.07. The second-order valence-corrected chi connectivity index (χ2v) is 4.90. The molecule has 2 aromatic rings. The molecular formula is C17H20N2O3. The highest BCUT2D eigenvalue weighted by Gasteiger charge is 2.22. The van der Waals surface area contributed by atoms with E-state index in [1.54, 1.807) is 21.0 Å². The number of benzene rings is 1. The molecule has 0 unspecified atom stereocenters. The highest BCUT2D eigenvalue weighted by molar-refractivity contribution is 6.02. The summed E-state index contributed by atoms with van der Waals surface area (Å²) in [6.07, 6.45) is 0. The molecule has 0 radical (unpaired) electrons. The first kappa shape index (κ1) is 15.8. The third kappa shape index (κ3) is 2.88. The summed E-state index contributed by atoms with van der Waals surface area (Å²) in [5.41, 5.74) is 9.87. The molecule has 0 aliphatic rings. The molecule has 0 saturated carbocycles. The van der Waals surface area contributed by atoms with Crippen molar-refractivity contribution in [2.45, 2.75) is 20.8 Å². The number of nitrogens with two attached hydrogens (primary N) is 1. The van der Waals surface area contributed by atoms with Crippen LogP contribution in [-0.4, -0.2) is 24.7 Å². The van der Waals surface area contributed by atoms with E-state index in [4.69, 9.17) is 15.2 Å². The fourth-order valence-electron chi connectivity index (χ4n) is 2.37. The van der Waals surface area contributed by atoms with Crippen molar-refractivity contribution in [1.29, 1.82) is 0 Å². The Hall–Kier alpha value is -2.56. The quantitative estimate of drug-likeness (QED) is 0.878. The van der Waals surface area contributed by atoms with E-state index in [0.717, 1.165) is 11.3 Å². The first-order valence-electron chi connectivity index (χ1n) is 7.07. The molecule has 0 atom stereocenters. The van der Waals surface area contributed by atoms with Crippen LogP contribution in [0.15, 0.2) is 24.3 Å². The van der Waals surface area contributed by atoms with Gasteiger partial charge in [-0.3, -0.25) is 4.98 Å². The van der Waals surface area contributed by atoms with Gasteiger partial charge in [0.15, 0.2) is 0 Å². The van der Waals surface area contributed by atoms with E-state index >= 15 is 0 Å². The van der Waals surface area contributed by atoms with Gasteiger partial charge in [-0.15, -0.1) is 0 Å². The third-order valence-electron chi connectivity index (χ3n) is 3.46. The lowest BCUT2D eigenvalue weighted by atomic mass is 9.96. The lowest BCUT2D eigenvalue weighted by molar-refractivity contribution is 0.0526. The third-order valence-corrected chi connectivity index (χ3v) is 3.46. The summed E-state index contributed by atoms with van der Waals surface area (Å²) in [6, 6.07) is 7.39. The number of hydrogen-bond acceptors (Lipinski definition) is 5. The van der Waals surface area contributed by atoms with Gasteiger partial charge in [0.2, 0.25) is 0 Å². The van der Waals surface area contributed by atoms with Gasteiger partial charge in [0.05, 0.1) is 36.4 Å². The molecule has 1 aromatic carbocycles. The van der Waals surface area contributed by atoms with Crippen LogP contribution in [0.2, 0.25) is 0 Å². The Morgan fingerprint density at radius 2 is 1.82 bits per heavy atom. The molecule has 0 amide bonds. The van der Waals surface area contributed by atoms with Crippen LogP contribution < -0.4 is 10.5 Å². The molecule has 0 bridgehead atoms. The molecule has 1 aromatic heterocycles. The highest BCUT2D eigenvalue weighted by atomic mass is 16.5. The molecule has 5 heteroatoms. The number of methoxy groups -OCH3 is 1. The van der Waals surface area contributed by atoms with Crippen LogP contribution in [0.3, 0.4) is 0 Å². The van der Waals surface area contributed by atoms with Gasteiger partial charge in [0.1, 0.15) is 5.75 Å². The summed E-state index contributed by atoms with van der Waals surface area (Å²) in [5, 5.41) is 0. The Morgan fingerprint density at radius 3 is 2.36 bits per heavy atom. The molecule has 2 rings (SSSR count). The van der Waals surface area contributed by atoms with Gasteiger partial charge in [-0.2, -0.15) is 0 Å². The molecule has 1 heterocycles. The van der Waals surface area contributed by atoms with Crippen molar-refractivity contribution in [3.63, 3.8) is 0 Å².